The van der Waals surface area contributed by atoms with Crippen LogP contribution in [0.15, 0.2) is 42.6 Å². The van der Waals surface area contributed by atoms with Crippen molar-refractivity contribution in [3.8, 4) is 0 Å². The number of nitrogens with zero attached hydrogens (tertiary/aromatic N) is 3. The van der Waals surface area contributed by atoms with E-state index in [-0.39, 0.29) is 35.7 Å². The van der Waals surface area contributed by atoms with Crippen LogP contribution in [0.25, 0.3) is 0 Å². The number of hydrogen-bond acceptors (Lipinski definition) is 4. The van der Waals surface area contributed by atoms with E-state index in [1.165, 1.54) is 12.1 Å². The number of hydrogen-bond donors (Lipinski definition) is 1. The third-order valence-corrected chi connectivity index (χ3v) is 6.91. The zero-order valence-electron chi connectivity index (χ0n) is 18.4. The number of piperidine rings is 1. The summed E-state index contributed by atoms with van der Waals surface area (Å²) in [6.07, 6.45) is 3.04. The minimum atomic E-state index is -0.558. The maximum atomic E-state index is 13.3. The van der Waals surface area contributed by atoms with Gasteiger partial charge in [-0.3, -0.25) is 14.4 Å². The number of amides is 3. The summed E-state index contributed by atoms with van der Waals surface area (Å²) in [5, 5.41) is 3.02. The molecule has 3 aliphatic rings. The molecule has 0 aliphatic carbocycles. The molecule has 5 rings (SSSR count). The minimum Gasteiger partial charge on any atom is -0.372 e. The molecular weight excluding hydrogens is 427 g/mol. The number of carbonyl (C=O) groups is 3. The monoisotopic (exact) mass is 454 g/mol. The Balaban J connectivity index is 1.21. The van der Waals surface area contributed by atoms with Gasteiger partial charge in [-0.15, -0.1) is 0 Å². The fourth-order valence-electron chi connectivity index (χ4n) is 5.12. The van der Waals surface area contributed by atoms with Crippen LogP contribution >= 0.6 is 0 Å². The lowest BCUT2D eigenvalue weighted by Gasteiger charge is -2.46. The number of carbonyl (C=O) groups excluding carboxylic acids is 3. The van der Waals surface area contributed by atoms with E-state index in [1.807, 2.05) is 19.3 Å². The van der Waals surface area contributed by atoms with Gasteiger partial charge in [0.1, 0.15) is 23.6 Å². The molecule has 4 heterocycles. The van der Waals surface area contributed by atoms with E-state index in [0.29, 0.717) is 44.7 Å². The van der Waals surface area contributed by atoms with Crippen molar-refractivity contribution in [3.05, 3.63) is 59.7 Å². The highest BCUT2D eigenvalue weighted by Gasteiger charge is 2.52. The Labute approximate surface area is 191 Å². The molecule has 0 spiro atoms. The molecule has 0 saturated carbocycles. The van der Waals surface area contributed by atoms with Crippen molar-refractivity contribution in [2.75, 3.05) is 13.1 Å². The quantitative estimate of drug-likeness (QED) is 0.742. The van der Waals surface area contributed by atoms with Crippen LogP contribution in [0.2, 0.25) is 0 Å². The molecule has 3 saturated heterocycles. The standard InChI is InChI=1S/C24H27FN4O4/c1-27-9-2-3-19(27)22(30)26-17-8-10-28-20(11-17)24(32)29-13-18(12-21(29)23(28)31)33-14-15-4-6-16(25)7-5-15/h2-7,9,17-18,20-21H,8,10-14H2,1H3,(H,26,30). The van der Waals surface area contributed by atoms with Gasteiger partial charge in [0.05, 0.1) is 12.7 Å². The molecule has 1 aromatic heterocycles. The van der Waals surface area contributed by atoms with E-state index >= 15 is 0 Å². The third-order valence-electron chi connectivity index (χ3n) is 6.91. The maximum Gasteiger partial charge on any atom is 0.268 e. The zero-order valence-corrected chi connectivity index (χ0v) is 18.4. The first-order valence-electron chi connectivity index (χ1n) is 11.3. The van der Waals surface area contributed by atoms with E-state index in [2.05, 4.69) is 5.32 Å². The highest BCUT2D eigenvalue weighted by molar-refractivity contribution is 5.98. The molecule has 33 heavy (non-hydrogen) atoms. The van der Waals surface area contributed by atoms with E-state index in [4.69, 9.17) is 4.74 Å². The predicted octanol–water partition coefficient (Wildman–Crippen LogP) is 1.45. The first-order chi connectivity index (χ1) is 15.9. The van der Waals surface area contributed by atoms with Crippen molar-refractivity contribution in [2.45, 2.75) is 50.1 Å². The van der Waals surface area contributed by atoms with Gasteiger partial charge in [-0.1, -0.05) is 12.1 Å². The number of aromatic nitrogens is 1. The molecule has 2 aromatic rings. The van der Waals surface area contributed by atoms with Gasteiger partial charge in [-0.25, -0.2) is 4.39 Å². The molecule has 4 atom stereocenters. The van der Waals surface area contributed by atoms with Gasteiger partial charge >= 0.3 is 0 Å². The molecule has 3 amide bonds. The Morgan fingerprint density at radius 1 is 1.09 bits per heavy atom. The van der Waals surface area contributed by atoms with Crippen molar-refractivity contribution in [3.63, 3.8) is 0 Å². The van der Waals surface area contributed by atoms with Crippen LogP contribution in [-0.4, -0.2) is 69.4 Å². The summed E-state index contributed by atoms with van der Waals surface area (Å²) in [5.41, 5.74) is 1.40. The molecule has 174 valence electrons. The average molecular weight is 455 g/mol. The van der Waals surface area contributed by atoms with Crippen LogP contribution in [-0.2, 0) is 28.0 Å². The second-order valence-corrected chi connectivity index (χ2v) is 9.05. The molecule has 0 bridgehead atoms. The lowest BCUT2D eigenvalue weighted by molar-refractivity contribution is -0.161. The van der Waals surface area contributed by atoms with Gasteiger partial charge in [-0.2, -0.15) is 0 Å². The second kappa shape index (κ2) is 8.62. The highest BCUT2D eigenvalue weighted by atomic mass is 19.1. The van der Waals surface area contributed by atoms with Crippen molar-refractivity contribution in [1.29, 1.82) is 0 Å². The van der Waals surface area contributed by atoms with E-state index < -0.39 is 12.1 Å². The number of ether oxygens (including phenoxy) is 1. The summed E-state index contributed by atoms with van der Waals surface area (Å²) in [6.45, 7) is 1.11. The van der Waals surface area contributed by atoms with Gasteiger partial charge < -0.3 is 24.4 Å². The molecule has 1 N–H and O–H groups in total. The zero-order chi connectivity index (χ0) is 23.1. The summed E-state index contributed by atoms with van der Waals surface area (Å²) in [4.78, 5) is 42.3. The molecule has 1 aromatic carbocycles. The number of fused-ring (bicyclic) bond motifs is 2. The lowest BCUT2D eigenvalue weighted by atomic mass is 9.92. The van der Waals surface area contributed by atoms with Crippen LogP contribution in [0, 0.1) is 5.82 Å². The molecule has 3 aliphatic heterocycles. The van der Waals surface area contributed by atoms with Gasteiger partial charge in [0.25, 0.3) is 5.91 Å². The summed E-state index contributed by atoms with van der Waals surface area (Å²) in [6, 6.07) is 8.43. The number of piperazine rings is 1. The second-order valence-electron chi connectivity index (χ2n) is 9.05. The molecule has 8 nitrogen and oxygen atoms in total. The fraction of sp³-hybridized carbons (Fsp3) is 0.458. The van der Waals surface area contributed by atoms with Crippen LogP contribution < -0.4 is 5.32 Å². The van der Waals surface area contributed by atoms with Gasteiger partial charge in [0.2, 0.25) is 11.8 Å². The number of nitrogens with one attached hydrogen (secondary N) is 1. The first kappa shape index (κ1) is 21.6. The Hall–Kier alpha value is -3.20. The SMILES string of the molecule is Cn1cccc1C(=O)NC1CCN2C(=O)C3CC(OCc4ccc(F)cc4)CN3C(=O)C2C1. The van der Waals surface area contributed by atoms with Crippen LogP contribution in [0.4, 0.5) is 4.39 Å². The van der Waals surface area contributed by atoms with Crippen LogP contribution in [0.3, 0.4) is 0 Å². The van der Waals surface area contributed by atoms with Crippen molar-refractivity contribution in [1.82, 2.24) is 19.7 Å². The van der Waals surface area contributed by atoms with E-state index in [9.17, 15) is 18.8 Å². The fourth-order valence-corrected chi connectivity index (χ4v) is 5.12. The van der Waals surface area contributed by atoms with E-state index in [1.54, 1.807) is 32.6 Å². The average Bonchev–Trinajstić information content (AvgIpc) is 3.44. The van der Waals surface area contributed by atoms with Gasteiger partial charge in [-0.05, 0) is 42.7 Å². The highest BCUT2D eigenvalue weighted by Crippen LogP contribution is 2.33. The molecule has 0 radical (unpaired) electrons. The van der Waals surface area contributed by atoms with Crippen molar-refractivity contribution >= 4 is 17.7 Å². The van der Waals surface area contributed by atoms with Crippen molar-refractivity contribution < 1.29 is 23.5 Å². The summed E-state index contributed by atoms with van der Waals surface area (Å²) in [5.74, 6) is -0.600. The number of benzene rings is 1. The lowest BCUT2D eigenvalue weighted by Crippen LogP contribution is -2.66. The number of rotatable bonds is 5. The molecule has 4 unspecified atom stereocenters. The maximum absolute atomic E-state index is 13.3. The summed E-state index contributed by atoms with van der Waals surface area (Å²) >= 11 is 0. The summed E-state index contributed by atoms with van der Waals surface area (Å²) < 4.78 is 20.8. The third kappa shape index (κ3) is 4.13. The minimum absolute atomic E-state index is 0.0420. The first-order valence-corrected chi connectivity index (χ1v) is 11.3. The number of halogens is 1. The molecule has 9 heteroatoms. The van der Waals surface area contributed by atoms with Crippen LogP contribution in [0.1, 0.15) is 35.3 Å². The Bertz CT molecular complexity index is 1070. The smallest absolute Gasteiger partial charge is 0.268 e. The Morgan fingerprint density at radius 2 is 1.82 bits per heavy atom. The van der Waals surface area contributed by atoms with Crippen LogP contribution in [0.5, 0.6) is 0 Å². The van der Waals surface area contributed by atoms with Gasteiger partial charge in [0.15, 0.2) is 0 Å². The van der Waals surface area contributed by atoms with E-state index in [0.717, 1.165) is 5.56 Å². The molecular formula is C24H27FN4O4. The predicted molar refractivity (Wildman–Crippen MR) is 116 cm³/mol. The topological polar surface area (TPSA) is 83.9 Å². The summed E-state index contributed by atoms with van der Waals surface area (Å²) in [7, 11) is 1.81. The van der Waals surface area contributed by atoms with Gasteiger partial charge in [0, 0.05) is 38.8 Å². The molecule has 3 fully saturated rings. The van der Waals surface area contributed by atoms with Crippen molar-refractivity contribution in [2.24, 2.45) is 7.05 Å². The Kier molecular flexibility index (Phi) is 5.65. The largest absolute Gasteiger partial charge is 0.372 e. The normalized spacial score (nSPS) is 26.8. The Morgan fingerprint density at radius 3 is 2.55 bits per heavy atom. The number of aryl methyl sites for hydroxylation is 1.